The Morgan fingerprint density at radius 3 is 2.78 bits per heavy atom. The van der Waals surface area contributed by atoms with E-state index < -0.39 is 17.4 Å². The van der Waals surface area contributed by atoms with Crippen LogP contribution in [0.1, 0.15) is 56.3 Å². The van der Waals surface area contributed by atoms with E-state index in [-0.39, 0.29) is 5.91 Å². The van der Waals surface area contributed by atoms with Crippen LogP contribution in [0.15, 0.2) is 6.20 Å². The fourth-order valence-corrected chi connectivity index (χ4v) is 3.91. The summed E-state index contributed by atoms with van der Waals surface area (Å²) in [6.45, 7) is 7.39. The lowest BCUT2D eigenvalue weighted by molar-refractivity contribution is -0.148. The van der Waals surface area contributed by atoms with E-state index in [1.165, 1.54) is 4.90 Å². The molecule has 0 aromatic carbocycles. The Hall–Kier alpha value is -1.85. The Balaban J connectivity index is 1.88. The van der Waals surface area contributed by atoms with E-state index in [1.807, 2.05) is 18.4 Å². The van der Waals surface area contributed by atoms with Gasteiger partial charge < -0.3 is 14.6 Å². The van der Waals surface area contributed by atoms with Crippen LogP contribution in [-0.4, -0.2) is 44.0 Å². The third-order valence-electron chi connectivity index (χ3n) is 5.24. The number of aryl methyl sites for hydroxylation is 1. The van der Waals surface area contributed by atoms with Gasteiger partial charge in [0.05, 0.1) is 0 Å². The van der Waals surface area contributed by atoms with E-state index in [9.17, 15) is 14.7 Å². The molecule has 126 valence electrons. The smallest absolute Gasteiger partial charge is 0.326 e. The first-order valence-electron chi connectivity index (χ1n) is 8.39. The predicted molar refractivity (Wildman–Crippen MR) is 85.2 cm³/mol. The van der Waals surface area contributed by atoms with Gasteiger partial charge in [-0.2, -0.15) is 0 Å². The molecule has 0 aliphatic carbocycles. The molecule has 1 N–H and O–H groups in total. The molecule has 1 aromatic rings. The number of piperidine rings is 1. The highest BCUT2D eigenvalue weighted by atomic mass is 16.4. The lowest BCUT2D eigenvalue weighted by Gasteiger charge is -2.43. The number of carboxylic acids is 1. The Kier molecular flexibility index (Phi) is 3.94. The third kappa shape index (κ3) is 2.86. The number of carbonyl (C=O) groups is 2. The summed E-state index contributed by atoms with van der Waals surface area (Å²) < 4.78 is 2.04. The van der Waals surface area contributed by atoms with Crippen molar-refractivity contribution in [3.8, 4) is 0 Å². The van der Waals surface area contributed by atoms with Crippen LogP contribution in [0.25, 0.3) is 0 Å². The summed E-state index contributed by atoms with van der Waals surface area (Å²) >= 11 is 0. The lowest BCUT2D eigenvalue weighted by atomic mass is 9.76. The number of carbonyl (C=O) groups excluding carboxylic acids is 1. The number of carboxylic acid groups (broad SMARTS) is 1. The van der Waals surface area contributed by atoms with Gasteiger partial charge in [0.2, 0.25) is 0 Å². The lowest BCUT2D eigenvalue weighted by Crippen LogP contribution is -2.56. The molecule has 2 aliphatic heterocycles. The molecule has 2 aliphatic rings. The molecule has 3 rings (SSSR count). The highest BCUT2D eigenvalue weighted by molar-refractivity contribution is 5.95. The Morgan fingerprint density at radius 1 is 1.35 bits per heavy atom. The van der Waals surface area contributed by atoms with Gasteiger partial charge in [0.1, 0.15) is 17.6 Å². The maximum absolute atomic E-state index is 12.9. The van der Waals surface area contributed by atoms with Gasteiger partial charge in [0.15, 0.2) is 0 Å². The second kappa shape index (κ2) is 5.65. The van der Waals surface area contributed by atoms with Crippen molar-refractivity contribution in [2.24, 2.45) is 11.3 Å². The van der Waals surface area contributed by atoms with Crippen LogP contribution in [-0.2, 0) is 17.8 Å². The predicted octanol–water partition coefficient (Wildman–Crippen LogP) is 2.18. The second-order valence-corrected chi connectivity index (χ2v) is 7.67. The van der Waals surface area contributed by atoms with Gasteiger partial charge in [-0.05, 0) is 30.6 Å². The normalized spacial score (nSPS) is 26.7. The molecule has 1 aromatic heterocycles. The van der Waals surface area contributed by atoms with E-state index >= 15 is 0 Å². The van der Waals surface area contributed by atoms with E-state index in [4.69, 9.17) is 0 Å². The molecule has 2 atom stereocenters. The molecule has 1 fully saturated rings. The zero-order chi connectivity index (χ0) is 16.8. The zero-order valence-electron chi connectivity index (χ0n) is 14.1. The van der Waals surface area contributed by atoms with Crippen LogP contribution in [0.2, 0.25) is 0 Å². The van der Waals surface area contributed by atoms with Gasteiger partial charge in [-0.15, -0.1) is 0 Å². The van der Waals surface area contributed by atoms with Crippen molar-refractivity contribution in [3.63, 3.8) is 0 Å². The highest BCUT2D eigenvalue weighted by Crippen LogP contribution is 2.36. The fraction of sp³-hybridized carbons (Fsp3) is 0.706. The number of nitrogens with zero attached hydrogens (tertiary/aromatic N) is 3. The molecular formula is C17H25N3O3. The number of rotatable bonds is 2. The number of amides is 1. The van der Waals surface area contributed by atoms with E-state index in [0.717, 1.165) is 38.1 Å². The number of hydrogen-bond acceptors (Lipinski definition) is 3. The Bertz CT molecular complexity index is 635. The molecule has 0 saturated carbocycles. The third-order valence-corrected chi connectivity index (χ3v) is 5.24. The molecule has 0 bridgehead atoms. The molecule has 2 unspecified atom stereocenters. The van der Waals surface area contributed by atoms with Gasteiger partial charge in [0, 0.05) is 25.7 Å². The number of imidazole rings is 1. The molecular weight excluding hydrogens is 294 g/mol. The van der Waals surface area contributed by atoms with Gasteiger partial charge in [-0.25, -0.2) is 9.78 Å². The first-order chi connectivity index (χ1) is 10.8. The van der Waals surface area contributed by atoms with Gasteiger partial charge in [0.25, 0.3) is 5.91 Å². The topological polar surface area (TPSA) is 75.4 Å². The van der Waals surface area contributed by atoms with Crippen molar-refractivity contribution < 1.29 is 14.7 Å². The van der Waals surface area contributed by atoms with Crippen LogP contribution in [0, 0.1) is 11.3 Å². The van der Waals surface area contributed by atoms with Crippen molar-refractivity contribution in [3.05, 3.63) is 17.7 Å². The second-order valence-electron chi connectivity index (χ2n) is 7.67. The SMILES string of the molecule is CC1CCn2cc(C(=O)N3CCCC(C)(C)C3C(=O)O)nc2C1. The number of aromatic nitrogens is 2. The van der Waals surface area contributed by atoms with Crippen molar-refractivity contribution in [2.75, 3.05) is 6.54 Å². The molecule has 0 spiro atoms. The van der Waals surface area contributed by atoms with Crippen LogP contribution >= 0.6 is 0 Å². The summed E-state index contributed by atoms with van der Waals surface area (Å²) in [6, 6.07) is -0.790. The number of likely N-dealkylation sites (tertiary alicyclic amines) is 1. The van der Waals surface area contributed by atoms with Crippen LogP contribution in [0.3, 0.4) is 0 Å². The molecule has 6 nitrogen and oxygen atoms in total. The first-order valence-corrected chi connectivity index (χ1v) is 8.39. The Morgan fingerprint density at radius 2 is 2.09 bits per heavy atom. The standard InChI is InChI=1S/C17H25N3O3/c1-11-5-8-19-10-12(18-13(19)9-11)15(21)20-7-4-6-17(2,3)14(20)16(22)23/h10-11,14H,4-9H2,1-3H3,(H,22,23). The molecule has 1 amide bonds. The summed E-state index contributed by atoms with van der Waals surface area (Å²) in [4.78, 5) is 30.6. The maximum Gasteiger partial charge on any atom is 0.326 e. The number of hydrogen-bond donors (Lipinski definition) is 1. The minimum absolute atomic E-state index is 0.250. The number of fused-ring (bicyclic) bond motifs is 1. The summed E-state index contributed by atoms with van der Waals surface area (Å²) in [5.74, 6) is 0.337. The van der Waals surface area contributed by atoms with Gasteiger partial charge >= 0.3 is 5.97 Å². The quantitative estimate of drug-likeness (QED) is 0.906. The van der Waals surface area contributed by atoms with E-state index in [1.54, 1.807) is 6.20 Å². The maximum atomic E-state index is 12.9. The minimum Gasteiger partial charge on any atom is -0.480 e. The van der Waals surface area contributed by atoms with Crippen LogP contribution < -0.4 is 0 Å². The van der Waals surface area contributed by atoms with Gasteiger partial charge in [-0.3, -0.25) is 4.79 Å². The summed E-state index contributed by atoms with van der Waals surface area (Å²) in [5.41, 5.74) is -0.0359. The molecule has 3 heterocycles. The summed E-state index contributed by atoms with van der Waals surface area (Å²) in [7, 11) is 0. The summed E-state index contributed by atoms with van der Waals surface area (Å²) in [6.07, 6.45) is 5.40. The first kappa shape index (κ1) is 16.0. The van der Waals surface area contributed by atoms with Crippen molar-refractivity contribution in [1.29, 1.82) is 0 Å². The average molecular weight is 319 g/mol. The van der Waals surface area contributed by atoms with Crippen molar-refractivity contribution in [1.82, 2.24) is 14.5 Å². The van der Waals surface area contributed by atoms with E-state index in [0.29, 0.717) is 18.2 Å². The van der Waals surface area contributed by atoms with Gasteiger partial charge in [-0.1, -0.05) is 20.8 Å². The number of aliphatic carboxylic acids is 1. The van der Waals surface area contributed by atoms with Crippen LogP contribution in [0.5, 0.6) is 0 Å². The molecule has 1 saturated heterocycles. The highest BCUT2D eigenvalue weighted by Gasteiger charge is 2.45. The van der Waals surface area contributed by atoms with Crippen LogP contribution in [0.4, 0.5) is 0 Å². The molecule has 23 heavy (non-hydrogen) atoms. The largest absolute Gasteiger partial charge is 0.480 e. The van der Waals surface area contributed by atoms with Crippen molar-refractivity contribution in [2.45, 2.75) is 59.0 Å². The average Bonchev–Trinajstić information content (AvgIpc) is 2.87. The molecule has 0 radical (unpaired) electrons. The fourth-order valence-electron chi connectivity index (χ4n) is 3.91. The summed E-state index contributed by atoms with van der Waals surface area (Å²) in [5, 5.41) is 9.62. The Labute approximate surface area is 136 Å². The monoisotopic (exact) mass is 319 g/mol. The minimum atomic E-state index is -0.930. The van der Waals surface area contributed by atoms with Crippen molar-refractivity contribution >= 4 is 11.9 Å². The van der Waals surface area contributed by atoms with E-state index in [2.05, 4.69) is 11.9 Å². The zero-order valence-corrected chi connectivity index (χ0v) is 14.1. The molecule has 6 heteroatoms.